The van der Waals surface area contributed by atoms with Gasteiger partial charge >= 0.3 is 0 Å². The summed E-state index contributed by atoms with van der Waals surface area (Å²) < 4.78 is 10.7. The molecule has 0 aliphatic carbocycles. The van der Waals surface area contributed by atoms with Crippen molar-refractivity contribution in [3.63, 3.8) is 0 Å². The monoisotopic (exact) mass is 241 g/mol. The molecule has 1 aromatic heterocycles. The largest absolute Gasteiger partial charge is 0.372 e. The summed E-state index contributed by atoms with van der Waals surface area (Å²) in [6.07, 6.45) is 0. The van der Waals surface area contributed by atoms with Gasteiger partial charge in [-0.15, -0.1) is 0 Å². The van der Waals surface area contributed by atoms with E-state index in [2.05, 4.69) is 29.2 Å². The lowest BCUT2D eigenvalue weighted by Gasteiger charge is -2.17. The van der Waals surface area contributed by atoms with Gasteiger partial charge in [-0.25, -0.2) is 0 Å². The lowest BCUT2D eigenvalue weighted by atomic mass is 10.4. The Balaban J connectivity index is 2.17. The van der Waals surface area contributed by atoms with E-state index < -0.39 is 0 Å². The quantitative estimate of drug-likeness (QED) is 0.659. The van der Waals surface area contributed by atoms with Crippen LogP contribution in [-0.2, 0) is 17.9 Å². The summed E-state index contributed by atoms with van der Waals surface area (Å²) in [6.45, 7) is 9.35. The van der Waals surface area contributed by atoms with Gasteiger partial charge in [0.2, 0.25) is 0 Å². The topological polar surface area (TPSA) is 50.5 Å². The van der Waals surface area contributed by atoms with Crippen LogP contribution in [0, 0.1) is 0 Å². The molecule has 0 spiro atoms. The summed E-state index contributed by atoms with van der Waals surface area (Å²) in [5.41, 5.74) is 0.912. The van der Waals surface area contributed by atoms with Crippen LogP contribution in [0.25, 0.3) is 0 Å². The second-order valence-electron chi connectivity index (χ2n) is 3.89. The van der Waals surface area contributed by atoms with Crippen LogP contribution in [0.2, 0.25) is 0 Å². The minimum Gasteiger partial charge on any atom is -0.372 e. The van der Waals surface area contributed by atoms with E-state index in [1.807, 2.05) is 13.1 Å². The number of hydrogen-bond donors (Lipinski definition) is 1. The highest BCUT2D eigenvalue weighted by molar-refractivity contribution is 5.03. The fourth-order valence-corrected chi connectivity index (χ4v) is 1.59. The predicted octanol–water partition coefficient (Wildman–Crippen LogP) is 1.25. The third-order valence-corrected chi connectivity index (χ3v) is 2.66. The molecule has 0 aliphatic rings. The Kier molecular flexibility index (Phi) is 6.84. The standard InChI is InChI=1S/C12H23N3O2/c1-4-15(5-2)6-7-16-10-12-8-11(9-13-3)14-17-12/h8,13H,4-7,9-10H2,1-3H3. The summed E-state index contributed by atoms with van der Waals surface area (Å²) in [5, 5.41) is 6.95. The molecule has 0 aromatic carbocycles. The first kappa shape index (κ1) is 14.2. The number of nitrogens with one attached hydrogen (secondary N) is 1. The first-order valence-corrected chi connectivity index (χ1v) is 6.19. The smallest absolute Gasteiger partial charge is 0.162 e. The Morgan fingerprint density at radius 3 is 2.82 bits per heavy atom. The van der Waals surface area contributed by atoms with Crippen LogP contribution in [0.15, 0.2) is 10.6 Å². The summed E-state index contributed by atoms with van der Waals surface area (Å²) in [6, 6.07) is 1.92. The lowest BCUT2D eigenvalue weighted by Crippen LogP contribution is -2.26. The number of likely N-dealkylation sites (N-methyl/N-ethyl adjacent to an activating group) is 1. The Bertz CT molecular complexity index is 298. The molecule has 17 heavy (non-hydrogen) atoms. The molecule has 5 heteroatoms. The number of aromatic nitrogens is 1. The maximum atomic E-state index is 5.55. The maximum Gasteiger partial charge on any atom is 0.162 e. The van der Waals surface area contributed by atoms with E-state index in [0.29, 0.717) is 6.61 Å². The van der Waals surface area contributed by atoms with Crippen molar-refractivity contribution in [3.05, 3.63) is 17.5 Å². The molecule has 1 heterocycles. The highest BCUT2D eigenvalue weighted by Crippen LogP contribution is 2.04. The molecule has 1 aromatic rings. The minimum absolute atomic E-state index is 0.498. The van der Waals surface area contributed by atoms with Gasteiger partial charge in [0, 0.05) is 19.2 Å². The molecular formula is C12H23N3O2. The van der Waals surface area contributed by atoms with Gasteiger partial charge in [-0.3, -0.25) is 0 Å². The van der Waals surface area contributed by atoms with Gasteiger partial charge in [-0.2, -0.15) is 0 Å². The molecular weight excluding hydrogens is 218 g/mol. The number of ether oxygens (including phenoxy) is 1. The molecule has 1 rings (SSSR count). The van der Waals surface area contributed by atoms with E-state index in [4.69, 9.17) is 9.26 Å². The van der Waals surface area contributed by atoms with Gasteiger partial charge in [0.25, 0.3) is 0 Å². The van der Waals surface area contributed by atoms with Gasteiger partial charge in [0.1, 0.15) is 6.61 Å². The summed E-state index contributed by atoms with van der Waals surface area (Å²) >= 11 is 0. The van der Waals surface area contributed by atoms with Crippen LogP contribution >= 0.6 is 0 Å². The fourth-order valence-electron chi connectivity index (χ4n) is 1.59. The molecule has 0 fully saturated rings. The van der Waals surface area contributed by atoms with E-state index in [1.165, 1.54) is 0 Å². The lowest BCUT2D eigenvalue weighted by molar-refractivity contribution is 0.0807. The Hall–Kier alpha value is -0.910. The molecule has 0 bridgehead atoms. The van der Waals surface area contributed by atoms with Crippen LogP contribution in [0.4, 0.5) is 0 Å². The van der Waals surface area contributed by atoms with Crippen LogP contribution in [0.5, 0.6) is 0 Å². The average molecular weight is 241 g/mol. The molecule has 0 radical (unpaired) electrons. The molecule has 0 aliphatic heterocycles. The van der Waals surface area contributed by atoms with Crippen molar-refractivity contribution in [3.8, 4) is 0 Å². The average Bonchev–Trinajstić information content (AvgIpc) is 2.78. The van der Waals surface area contributed by atoms with Gasteiger partial charge in [0.05, 0.1) is 12.3 Å². The highest BCUT2D eigenvalue weighted by Gasteiger charge is 2.04. The SMILES string of the molecule is CCN(CC)CCOCc1cc(CNC)no1. The summed E-state index contributed by atoms with van der Waals surface area (Å²) in [4.78, 5) is 2.33. The Labute approximate surface area is 103 Å². The van der Waals surface area contributed by atoms with Crippen molar-refractivity contribution in [2.45, 2.75) is 27.0 Å². The zero-order chi connectivity index (χ0) is 12.5. The van der Waals surface area contributed by atoms with Gasteiger partial charge in [0.15, 0.2) is 5.76 Å². The molecule has 98 valence electrons. The fraction of sp³-hybridized carbons (Fsp3) is 0.750. The highest BCUT2D eigenvalue weighted by atomic mass is 16.5. The van der Waals surface area contributed by atoms with Crippen molar-refractivity contribution in [2.75, 3.05) is 33.3 Å². The van der Waals surface area contributed by atoms with Crippen LogP contribution in [-0.4, -0.2) is 43.3 Å². The first-order valence-electron chi connectivity index (χ1n) is 6.19. The van der Waals surface area contributed by atoms with E-state index in [0.717, 1.165) is 44.2 Å². The zero-order valence-electron chi connectivity index (χ0n) is 11.0. The normalized spacial score (nSPS) is 11.3. The third-order valence-electron chi connectivity index (χ3n) is 2.66. The Morgan fingerprint density at radius 2 is 2.18 bits per heavy atom. The maximum absolute atomic E-state index is 5.55. The van der Waals surface area contributed by atoms with Crippen molar-refractivity contribution in [1.29, 1.82) is 0 Å². The minimum atomic E-state index is 0.498. The number of rotatable bonds is 9. The van der Waals surface area contributed by atoms with Gasteiger partial charge < -0.3 is 19.5 Å². The van der Waals surface area contributed by atoms with Gasteiger partial charge in [-0.05, 0) is 20.1 Å². The van der Waals surface area contributed by atoms with E-state index in [1.54, 1.807) is 0 Å². The summed E-state index contributed by atoms with van der Waals surface area (Å²) in [5.74, 6) is 0.787. The van der Waals surface area contributed by atoms with E-state index >= 15 is 0 Å². The molecule has 0 saturated heterocycles. The van der Waals surface area contributed by atoms with E-state index in [-0.39, 0.29) is 0 Å². The van der Waals surface area contributed by atoms with Crippen LogP contribution < -0.4 is 5.32 Å². The van der Waals surface area contributed by atoms with Crippen molar-refractivity contribution in [2.24, 2.45) is 0 Å². The van der Waals surface area contributed by atoms with Crippen LogP contribution in [0.1, 0.15) is 25.3 Å². The first-order chi connectivity index (χ1) is 8.30. The van der Waals surface area contributed by atoms with Crippen molar-refractivity contribution >= 4 is 0 Å². The molecule has 5 nitrogen and oxygen atoms in total. The van der Waals surface area contributed by atoms with Gasteiger partial charge in [-0.1, -0.05) is 19.0 Å². The predicted molar refractivity (Wildman–Crippen MR) is 66.7 cm³/mol. The van der Waals surface area contributed by atoms with Crippen LogP contribution in [0.3, 0.4) is 0 Å². The molecule has 0 atom stereocenters. The molecule has 1 N–H and O–H groups in total. The molecule has 0 amide bonds. The molecule has 0 saturated carbocycles. The number of hydrogen-bond acceptors (Lipinski definition) is 5. The molecule has 0 unspecified atom stereocenters. The third kappa shape index (κ3) is 5.30. The summed E-state index contributed by atoms with van der Waals surface area (Å²) in [7, 11) is 1.88. The van der Waals surface area contributed by atoms with E-state index in [9.17, 15) is 0 Å². The second kappa shape index (κ2) is 8.22. The zero-order valence-corrected chi connectivity index (χ0v) is 11.0. The van der Waals surface area contributed by atoms with Crippen molar-refractivity contribution in [1.82, 2.24) is 15.4 Å². The number of nitrogens with zero attached hydrogens (tertiary/aromatic N) is 2. The van der Waals surface area contributed by atoms with Crippen molar-refractivity contribution < 1.29 is 9.26 Å². The second-order valence-corrected chi connectivity index (χ2v) is 3.89. The Morgan fingerprint density at radius 1 is 1.41 bits per heavy atom.